The van der Waals surface area contributed by atoms with E-state index in [0.717, 1.165) is 6.42 Å². The Bertz CT molecular complexity index is 73.0. The molecule has 0 bridgehead atoms. The fraction of sp³-hybridized carbons (Fsp3) is 0.750. The number of ether oxygens (including phenoxy) is 1. The number of cyclic esters (lactones) is 1. The second kappa shape index (κ2) is 5.05. The van der Waals surface area contributed by atoms with Gasteiger partial charge in [0.1, 0.15) is 0 Å². The van der Waals surface area contributed by atoms with E-state index in [2.05, 4.69) is 25.6 Å². The molecule has 4 heteroatoms. The molecule has 0 aromatic heterocycles. The third kappa shape index (κ3) is 2.98. The standard InChI is InChI=1S/C4H6O2.BrH2N/c5-4-2-1-3-6-4;1-2/h1-3H2;2H2/p+1. The number of hydrogen-bond acceptors (Lipinski definition) is 3. The molecule has 1 rings (SSSR count). The predicted molar refractivity (Wildman–Crippen MR) is 34.4 cm³/mol. The number of carbonyl (C=O) groups is 1. The Balaban J connectivity index is 0. The van der Waals surface area contributed by atoms with Crippen molar-refractivity contribution in [3.63, 3.8) is 0 Å². The highest BCUT2D eigenvalue weighted by Crippen LogP contribution is 2.01. The zero-order valence-electron chi connectivity index (χ0n) is 5.39. The molecule has 1 fully saturated rings. The summed E-state index contributed by atoms with van der Waals surface area (Å²) >= 11 is 2.44. The lowest BCUT2D eigenvalue weighted by Crippen LogP contribution is -1.88. The summed E-state index contributed by atoms with van der Waals surface area (Å²) in [4.78, 5) is 10.0. The van der Waals surface area contributed by atoms with E-state index < -0.39 is 0 Å². The molecule has 0 radical (unpaired) electrons. The van der Waals surface area contributed by atoms with Gasteiger partial charge in [0.15, 0.2) is 0 Å². The van der Waals surface area contributed by atoms with Crippen molar-refractivity contribution in [2.45, 2.75) is 12.8 Å². The smallest absolute Gasteiger partial charge is 0.466 e. The topological polar surface area (TPSA) is 52.3 Å². The molecule has 0 saturated carbocycles. The average molecular weight is 183 g/mol. The molecule has 0 aromatic carbocycles. The Morgan fingerprint density at radius 3 is 2.50 bits per heavy atom. The highest BCUT2D eigenvalue weighted by atomic mass is 79.9. The van der Waals surface area contributed by atoms with Gasteiger partial charge in [0.2, 0.25) is 0 Å². The first-order valence-electron chi connectivity index (χ1n) is 2.27. The molecule has 48 valence electrons. The van der Waals surface area contributed by atoms with Gasteiger partial charge >= 0.3 is 7.40 Å². The molecular formula is C4H9BrNO2+. The van der Waals surface area contributed by atoms with Crippen LogP contribution in [0.25, 0.3) is 0 Å². The maximum Gasteiger partial charge on any atom is 1.00 e. The second-order valence-electron chi connectivity index (χ2n) is 1.32. The van der Waals surface area contributed by atoms with Gasteiger partial charge in [-0.3, -0.25) is 9.55 Å². The van der Waals surface area contributed by atoms with Crippen LogP contribution in [-0.2, 0) is 9.53 Å². The van der Waals surface area contributed by atoms with Gasteiger partial charge in [-0.1, -0.05) is 0 Å². The zero-order chi connectivity index (χ0) is 6.41. The third-order valence-electron chi connectivity index (χ3n) is 0.788. The highest BCUT2D eigenvalue weighted by molar-refractivity contribution is 9.07. The number of hydrogen-bond donors (Lipinski definition) is 1. The van der Waals surface area contributed by atoms with Crippen molar-refractivity contribution in [2.75, 3.05) is 6.61 Å². The summed E-state index contributed by atoms with van der Waals surface area (Å²) in [5, 5.41) is 0. The van der Waals surface area contributed by atoms with E-state index in [1.54, 1.807) is 0 Å². The van der Waals surface area contributed by atoms with Crippen molar-refractivity contribution in [1.29, 1.82) is 0 Å². The van der Waals surface area contributed by atoms with Crippen molar-refractivity contribution in [3.05, 3.63) is 0 Å². The minimum absolute atomic E-state index is 0. The summed E-state index contributed by atoms with van der Waals surface area (Å²) in [5.41, 5.74) is 0. The van der Waals surface area contributed by atoms with Crippen molar-refractivity contribution in [2.24, 2.45) is 4.76 Å². The number of esters is 1. The van der Waals surface area contributed by atoms with Crippen LogP contribution in [-0.4, -0.2) is 12.6 Å². The van der Waals surface area contributed by atoms with E-state index in [1.807, 2.05) is 0 Å². The number of nitrogens with two attached hydrogens (primary N) is 1. The molecule has 1 aliphatic rings. The number of rotatable bonds is 0. The van der Waals surface area contributed by atoms with Crippen LogP contribution in [0, 0.1) is 0 Å². The van der Waals surface area contributed by atoms with Crippen LogP contribution in [0.3, 0.4) is 0 Å². The monoisotopic (exact) mass is 182 g/mol. The van der Waals surface area contributed by atoms with Gasteiger partial charge in [0.25, 0.3) is 0 Å². The molecule has 0 aliphatic carbocycles. The van der Waals surface area contributed by atoms with Crippen LogP contribution < -0.4 is 4.76 Å². The minimum atomic E-state index is -0.0463. The van der Waals surface area contributed by atoms with Crippen LogP contribution in [0.1, 0.15) is 14.3 Å². The molecule has 2 N–H and O–H groups in total. The van der Waals surface area contributed by atoms with Gasteiger partial charge in [-0.2, -0.15) is 0 Å². The van der Waals surface area contributed by atoms with E-state index >= 15 is 0 Å². The Labute approximate surface area is 58.0 Å². The quantitative estimate of drug-likeness (QED) is 0.444. The lowest BCUT2D eigenvalue weighted by atomic mass is 10.4. The second-order valence-corrected chi connectivity index (χ2v) is 1.32. The van der Waals surface area contributed by atoms with Crippen LogP contribution >= 0.6 is 16.1 Å². The summed E-state index contributed by atoms with van der Waals surface area (Å²) in [6, 6.07) is 0. The van der Waals surface area contributed by atoms with Crippen LogP contribution in [0.2, 0.25) is 0 Å². The van der Waals surface area contributed by atoms with Crippen LogP contribution in [0.15, 0.2) is 0 Å². The van der Waals surface area contributed by atoms with E-state index in [4.69, 9.17) is 0 Å². The van der Waals surface area contributed by atoms with Gasteiger partial charge in [-0.15, -0.1) is 0 Å². The van der Waals surface area contributed by atoms with Gasteiger partial charge in [-0.25, -0.2) is 0 Å². The molecule has 0 amide bonds. The van der Waals surface area contributed by atoms with E-state index in [9.17, 15) is 4.79 Å². The normalized spacial score (nSPS) is 16.5. The molecule has 0 atom stereocenters. The van der Waals surface area contributed by atoms with Gasteiger partial charge in [0.05, 0.1) is 6.61 Å². The van der Waals surface area contributed by atoms with Gasteiger partial charge in [-0.05, 0) is 6.42 Å². The molecule has 8 heavy (non-hydrogen) atoms. The fourth-order valence-corrected chi connectivity index (χ4v) is 0.475. The summed E-state index contributed by atoms with van der Waals surface area (Å²) in [6.07, 6.45) is 1.54. The molecular weight excluding hydrogens is 174 g/mol. The molecule has 0 aromatic rings. The number of carbonyl (C=O) groups excluding carboxylic acids is 1. The van der Waals surface area contributed by atoms with E-state index in [-0.39, 0.29) is 7.40 Å². The first-order valence-corrected chi connectivity index (χ1v) is 3.18. The van der Waals surface area contributed by atoms with Crippen molar-refractivity contribution in [1.82, 2.24) is 0 Å². The van der Waals surface area contributed by atoms with Crippen LogP contribution in [0.4, 0.5) is 0 Å². The summed E-state index contributed by atoms with van der Waals surface area (Å²) in [6.45, 7) is 0.638. The minimum Gasteiger partial charge on any atom is -0.466 e. The molecule has 0 unspecified atom stereocenters. The molecule has 3 nitrogen and oxygen atoms in total. The molecule has 1 heterocycles. The van der Waals surface area contributed by atoms with Crippen molar-refractivity contribution < 1.29 is 11.0 Å². The fourth-order valence-electron chi connectivity index (χ4n) is 0.475. The lowest BCUT2D eigenvalue weighted by molar-refractivity contribution is -0.137. The van der Waals surface area contributed by atoms with Crippen molar-refractivity contribution in [3.8, 4) is 0 Å². The maximum atomic E-state index is 10.0. The van der Waals surface area contributed by atoms with Crippen LogP contribution in [0.5, 0.6) is 0 Å². The predicted octanol–water partition coefficient (Wildman–Crippen LogP) is 0.691. The molecule has 1 saturated heterocycles. The van der Waals surface area contributed by atoms with Crippen molar-refractivity contribution >= 4 is 22.1 Å². The highest BCUT2D eigenvalue weighted by Gasteiger charge is 2.08. The largest absolute Gasteiger partial charge is 1.00 e. The summed E-state index contributed by atoms with van der Waals surface area (Å²) in [5.74, 6) is -0.0463. The first kappa shape index (κ1) is 7.91. The Morgan fingerprint density at radius 1 is 1.75 bits per heavy atom. The summed E-state index contributed by atoms with van der Waals surface area (Å²) in [7, 11) is 0. The number of halogens is 1. The lowest BCUT2D eigenvalue weighted by Gasteiger charge is -1.81. The average Bonchev–Trinajstić information content (AvgIpc) is 2.24. The van der Waals surface area contributed by atoms with E-state index in [0.29, 0.717) is 13.0 Å². The van der Waals surface area contributed by atoms with Gasteiger partial charge in [0, 0.05) is 22.6 Å². The Morgan fingerprint density at radius 2 is 2.38 bits per heavy atom. The van der Waals surface area contributed by atoms with E-state index in [1.165, 1.54) is 0 Å². The first-order chi connectivity index (χ1) is 3.89. The Hall–Kier alpha value is -0.0900. The SMILES string of the molecule is NBr.O=C1CCCO1.[H+]. The maximum absolute atomic E-state index is 10.0. The molecule has 0 spiro atoms. The van der Waals surface area contributed by atoms with Gasteiger partial charge < -0.3 is 4.74 Å². The summed E-state index contributed by atoms with van der Waals surface area (Å²) < 4.78 is 8.83. The zero-order valence-corrected chi connectivity index (χ0v) is 5.98. The molecule has 1 aliphatic heterocycles. The third-order valence-corrected chi connectivity index (χ3v) is 0.788. The Kier molecular flexibility index (Phi) is 5.00.